The molecule has 0 bridgehead atoms. The fourth-order valence-corrected chi connectivity index (χ4v) is 13.7. The molecule has 3 saturated heterocycles. The first kappa shape index (κ1) is 97.6. The molecule has 15 atom stereocenters. The zero-order chi connectivity index (χ0) is 82.2. The van der Waals surface area contributed by atoms with E-state index in [-0.39, 0.29) is 200 Å². The first-order chi connectivity index (χ1) is 53.6. The number of rotatable bonds is 58. The van der Waals surface area contributed by atoms with Crippen LogP contribution in [0.15, 0.2) is 30.3 Å². The maximum atomic E-state index is 14.0. The number of ether oxygens (including phenoxy) is 13. The van der Waals surface area contributed by atoms with Crippen LogP contribution in [0.5, 0.6) is 0 Å². The minimum atomic E-state index is -1.38. The van der Waals surface area contributed by atoms with Gasteiger partial charge in [-0.1, -0.05) is 130 Å². The van der Waals surface area contributed by atoms with Crippen molar-refractivity contribution in [2.75, 3.05) is 92.4 Å². The summed E-state index contributed by atoms with van der Waals surface area (Å²) in [5.74, 6) is -3.23. The number of carbonyl (C=O) groups excluding carboxylic acids is 11. The minimum Gasteiger partial charge on any atom is -0.463 e. The maximum absolute atomic E-state index is 14.0. The van der Waals surface area contributed by atoms with Gasteiger partial charge in [0.15, 0.2) is 18.9 Å². The Hall–Kier alpha value is -6.77. The second kappa shape index (κ2) is 55.7. The Morgan fingerprint density at radius 1 is 0.366 bits per heavy atom. The summed E-state index contributed by atoms with van der Waals surface area (Å²) < 4.78 is 77.0. The number of ketones is 1. The third kappa shape index (κ3) is 40.5. The number of Topliss-reactive ketones (excluding diaryl/α,β-unsaturated/α-hetero) is 1. The normalized spacial score (nSPS) is 24.1. The average molecular weight is 1590 g/mol. The van der Waals surface area contributed by atoms with Crippen LogP contribution in [0.4, 0.5) is 0 Å². The monoisotopic (exact) mass is 1590 g/mol. The van der Waals surface area contributed by atoms with Crippen molar-refractivity contribution in [2.45, 2.75) is 292 Å². The molecule has 3 aliphatic heterocycles. The van der Waals surface area contributed by atoms with Crippen molar-refractivity contribution < 1.29 is 114 Å². The molecule has 0 spiro atoms. The molecular weight excluding hydrogens is 1450 g/mol. The van der Waals surface area contributed by atoms with Crippen molar-refractivity contribution in [3.63, 3.8) is 0 Å². The highest BCUT2D eigenvalue weighted by molar-refractivity contribution is 5.79. The molecule has 3 heterocycles. The van der Waals surface area contributed by atoms with Gasteiger partial charge in [0.1, 0.15) is 37.7 Å². The molecule has 0 aliphatic carbocycles. The van der Waals surface area contributed by atoms with E-state index in [1.807, 2.05) is 71.9 Å². The van der Waals surface area contributed by atoms with Gasteiger partial charge in [-0.25, -0.2) is 0 Å². The van der Waals surface area contributed by atoms with E-state index in [0.29, 0.717) is 71.4 Å². The Kier molecular flexibility index (Phi) is 48.5. The third-order valence-electron chi connectivity index (χ3n) is 21.0. The number of amides is 6. The van der Waals surface area contributed by atoms with Crippen molar-refractivity contribution in [1.29, 1.82) is 0 Å². The van der Waals surface area contributed by atoms with Crippen LogP contribution in [0.3, 0.4) is 0 Å². The van der Waals surface area contributed by atoms with Crippen LogP contribution in [0.25, 0.3) is 0 Å². The van der Waals surface area contributed by atoms with E-state index in [4.69, 9.17) is 61.6 Å². The molecule has 3 aliphatic rings. The number of hydrogen-bond acceptors (Lipinski definition) is 24. The summed E-state index contributed by atoms with van der Waals surface area (Å²) in [6, 6.07) is 8.12. The highest BCUT2D eigenvalue weighted by Gasteiger charge is 2.46. The number of hydrogen-bond donors (Lipinski definition) is 6. The van der Waals surface area contributed by atoms with E-state index in [1.165, 1.54) is 41.5 Å². The number of nitrogens with one attached hydrogen (secondary N) is 6. The quantitative estimate of drug-likeness (QED) is 0.0203. The van der Waals surface area contributed by atoms with E-state index in [0.717, 1.165) is 69.8 Å². The van der Waals surface area contributed by atoms with Gasteiger partial charge < -0.3 is 93.5 Å². The highest BCUT2D eigenvalue weighted by atomic mass is 16.7. The SMILES string of the molecule is CC(=O)NC1[C@H](OCCCCCCCCCC(=O)CCOCC(COCCC(=O)NCCCCCCO[C@@H]2OC(COC(C)=O)[C@H](C)[C@H](C)C2NC(C)=O)(COCCC(=O)NCCCCCCO[C@@H]2OC(COC(C)=O)[C@H](C)[C@H](C)C2NC(C)=O)NC(=O)CCCC(=O)OCc2ccccc2)OC(COC(C)=O)[C@H](C)[C@@H]1C. The van der Waals surface area contributed by atoms with Crippen LogP contribution < -0.4 is 31.9 Å². The zero-order valence-electron chi connectivity index (χ0n) is 69.0. The van der Waals surface area contributed by atoms with Crippen LogP contribution >= 0.6 is 0 Å². The van der Waals surface area contributed by atoms with Crippen LogP contribution in [-0.2, 0) is 121 Å². The standard InChI is InChI=1S/C82H136N6O24/c1-55-58(4)76(85-61(7)89)79(110-69(55)49-106-64(10)92)103-42-28-19-15-13-14-16-25-34-68(95)37-45-100-52-82(88-74(98)35-31-36-75(99)109-48-67-32-23-22-24-33-67,53-101-46-38-72(96)83-40-26-17-20-29-43-104-80-77(86-62(8)90)59(5)56(2)70(111-80)50-107-65(11)93)54-102-47-39-73(97)84-41-27-18-21-30-44-105-81-78(87-63(9)91)60(6)57(3)71(112-81)51-108-66(12)94/h22-24,32-33,55-60,69-71,76-81H,13-21,25-31,34-54H2,1-12H3,(H,83,96)(H,84,97)(H,85,89)(H,86,90)(H,87,91)(H,88,98)/t55-,56-,57-,58+,59+,60+,69?,70?,71?,76?,77?,78?,79-,80-,81-,82?/m1/s1. The Labute approximate surface area is 664 Å². The second-order valence-corrected chi connectivity index (χ2v) is 30.5. The van der Waals surface area contributed by atoms with Gasteiger partial charge in [-0.3, -0.25) is 52.7 Å². The molecule has 4 rings (SSSR count). The van der Waals surface area contributed by atoms with Crippen molar-refractivity contribution >= 4 is 65.1 Å². The van der Waals surface area contributed by atoms with E-state index in [1.54, 1.807) is 0 Å². The lowest BCUT2D eigenvalue weighted by molar-refractivity contribution is -0.244. The Morgan fingerprint density at radius 3 is 1.10 bits per heavy atom. The van der Waals surface area contributed by atoms with Gasteiger partial charge in [0, 0.05) is 113 Å². The molecule has 0 radical (unpaired) electrons. The van der Waals surface area contributed by atoms with Gasteiger partial charge in [0.05, 0.1) is 76.1 Å². The summed E-state index contributed by atoms with van der Waals surface area (Å²) in [6.07, 6.45) is 9.34. The summed E-state index contributed by atoms with van der Waals surface area (Å²) in [4.78, 5) is 138. The summed E-state index contributed by atoms with van der Waals surface area (Å²) in [6.45, 7) is 22.2. The van der Waals surface area contributed by atoms with Gasteiger partial charge in [-0.05, 0) is 86.0 Å². The Balaban J connectivity index is 1.31. The number of benzene rings is 1. The number of unbranched alkanes of at least 4 members (excludes halogenated alkanes) is 12. The van der Waals surface area contributed by atoms with Gasteiger partial charge >= 0.3 is 23.9 Å². The fourth-order valence-electron chi connectivity index (χ4n) is 13.7. The van der Waals surface area contributed by atoms with Gasteiger partial charge in [0.25, 0.3) is 0 Å². The molecule has 1 aromatic rings. The van der Waals surface area contributed by atoms with E-state index in [9.17, 15) is 52.7 Å². The van der Waals surface area contributed by atoms with Crippen LogP contribution in [0, 0.1) is 35.5 Å². The van der Waals surface area contributed by atoms with Crippen LogP contribution in [0.2, 0.25) is 0 Å². The molecule has 6 amide bonds. The predicted octanol–water partition coefficient (Wildman–Crippen LogP) is 8.26. The zero-order valence-corrected chi connectivity index (χ0v) is 69.0. The molecule has 638 valence electrons. The van der Waals surface area contributed by atoms with E-state index >= 15 is 0 Å². The summed E-state index contributed by atoms with van der Waals surface area (Å²) >= 11 is 0. The number of esters is 4. The Bertz CT molecular complexity index is 2840. The summed E-state index contributed by atoms with van der Waals surface area (Å²) in [5.41, 5.74) is -0.554. The molecule has 0 saturated carbocycles. The van der Waals surface area contributed by atoms with Gasteiger partial charge in [0.2, 0.25) is 35.4 Å². The minimum absolute atomic E-state index is 0.0102. The maximum Gasteiger partial charge on any atom is 0.306 e. The molecule has 112 heavy (non-hydrogen) atoms. The molecule has 0 aromatic heterocycles. The van der Waals surface area contributed by atoms with Crippen molar-refractivity contribution in [3.8, 4) is 0 Å². The molecular formula is C82H136N6O24. The molecule has 30 nitrogen and oxygen atoms in total. The molecule has 30 heteroatoms. The summed E-state index contributed by atoms with van der Waals surface area (Å²) in [5, 5.41) is 17.9. The highest BCUT2D eigenvalue weighted by Crippen LogP contribution is 2.35. The average Bonchev–Trinajstić information content (AvgIpc) is 0.819. The first-order valence-electron chi connectivity index (χ1n) is 40.9. The van der Waals surface area contributed by atoms with Crippen molar-refractivity contribution in [2.24, 2.45) is 35.5 Å². The van der Waals surface area contributed by atoms with Gasteiger partial charge in [-0.2, -0.15) is 0 Å². The van der Waals surface area contributed by atoms with Crippen LogP contribution in [0.1, 0.15) is 230 Å². The lowest BCUT2D eigenvalue weighted by atomic mass is 9.82. The first-order valence-corrected chi connectivity index (χ1v) is 40.9. The smallest absolute Gasteiger partial charge is 0.306 e. The molecule has 6 unspecified atom stereocenters. The van der Waals surface area contributed by atoms with E-state index < -0.39 is 66.4 Å². The van der Waals surface area contributed by atoms with E-state index in [2.05, 4.69) is 31.9 Å². The molecule has 3 fully saturated rings. The predicted molar refractivity (Wildman–Crippen MR) is 414 cm³/mol. The summed E-state index contributed by atoms with van der Waals surface area (Å²) in [7, 11) is 0. The number of carbonyl (C=O) groups is 11. The molecule has 1 aromatic carbocycles. The van der Waals surface area contributed by atoms with Crippen molar-refractivity contribution in [3.05, 3.63) is 35.9 Å². The fraction of sp³-hybridized carbons (Fsp3) is 0.793. The van der Waals surface area contributed by atoms with Gasteiger partial charge in [-0.15, -0.1) is 0 Å². The second-order valence-electron chi connectivity index (χ2n) is 30.5. The third-order valence-corrected chi connectivity index (χ3v) is 21.0. The lowest BCUT2D eigenvalue weighted by Gasteiger charge is -2.44. The topological polar surface area (TPSA) is 380 Å². The largest absolute Gasteiger partial charge is 0.463 e. The van der Waals surface area contributed by atoms with Crippen LogP contribution in [-0.4, -0.2) is 218 Å². The van der Waals surface area contributed by atoms with Crippen molar-refractivity contribution in [1.82, 2.24) is 31.9 Å². The Morgan fingerprint density at radius 2 is 0.723 bits per heavy atom. The molecule has 6 N–H and O–H groups in total. The lowest BCUT2D eigenvalue weighted by Crippen LogP contribution is -2.58.